The number of fused-ring (bicyclic) bond motifs is 3. The quantitative estimate of drug-likeness (QED) is 0.129. The molecule has 0 saturated heterocycles. The van der Waals surface area contributed by atoms with E-state index >= 15 is 0 Å². The van der Waals surface area contributed by atoms with Gasteiger partial charge in [0.05, 0.1) is 10.8 Å². The van der Waals surface area contributed by atoms with Crippen molar-refractivity contribution in [3.63, 3.8) is 0 Å². The van der Waals surface area contributed by atoms with Gasteiger partial charge in [0.15, 0.2) is 0 Å². The predicted octanol–water partition coefficient (Wildman–Crippen LogP) is 7.53. The lowest BCUT2D eigenvalue weighted by Crippen LogP contribution is -2.38. The van der Waals surface area contributed by atoms with Crippen LogP contribution < -0.4 is 4.74 Å². The highest BCUT2D eigenvalue weighted by molar-refractivity contribution is 7.85. The molecule has 8 rings (SSSR count). The number of ether oxygens (including phenoxy) is 1. The standard InChI is InChI=1S/C35H30O5S/c1-19(2)25-18-32(20(3)12-33(25)41(37,38)39)40-35(36)31-17-28-26-13-21-8-4-6-10-23(21)15-29(26)34(31)30-16-24-11-7-5-9-22(24)14-27(28)30/h4-16,18-19,28,31,34H,17H2,1-3H3,(H,37,38,39)/p-1. The van der Waals surface area contributed by atoms with Gasteiger partial charge in [-0.25, -0.2) is 8.42 Å². The van der Waals surface area contributed by atoms with Crippen molar-refractivity contribution in [2.24, 2.45) is 5.92 Å². The maximum atomic E-state index is 14.0. The van der Waals surface area contributed by atoms with Gasteiger partial charge in [0, 0.05) is 11.8 Å². The molecule has 5 aromatic rings. The molecule has 0 saturated carbocycles. The summed E-state index contributed by atoms with van der Waals surface area (Å²) in [4.78, 5) is 13.8. The van der Waals surface area contributed by atoms with Crippen LogP contribution in [0.1, 0.15) is 71.4 Å². The van der Waals surface area contributed by atoms with Crippen molar-refractivity contribution in [3.05, 3.63) is 118 Å². The molecular weight excluding hydrogens is 532 g/mol. The van der Waals surface area contributed by atoms with Gasteiger partial charge in [-0.3, -0.25) is 4.79 Å². The second-order valence-electron chi connectivity index (χ2n) is 11.7. The van der Waals surface area contributed by atoms with Crippen molar-refractivity contribution in [1.82, 2.24) is 0 Å². The number of hydrogen-bond acceptors (Lipinski definition) is 5. The number of benzene rings is 5. The Kier molecular flexibility index (Phi) is 5.86. The van der Waals surface area contributed by atoms with Crippen LogP contribution >= 0.6 is 0 Å². The summed E-state index contributed by atoms with van der Waals surface area (Å²) in [5, 5.41) is 4.65. The highest BCUT2D eigenvalue weighted by atomic mass is 32.2. The molecule has 6 heteroatoms. The SMILES string of the molecule is Cc1cc(S(=O)(=O)[O-])c(C(C)C)cc1OC(=O)C1CC2c3cc4ccccc4cc3C1c1cc3ccccc3cc12. The first-order chi connectivity index (χ1) is 19.6. The second kappa shape index (κ2) is 9.26. The molecule has 5 aromatic carbocycles. The average Bonchev–Trinajstić information content (AvgIpc) is 2.95. The minimum Gasteiger partial charge on any atom is -0.744 e. The van der Waals surface area contributed by atoms with E-state index in [0.29, 0.717) is 23.3 Å². The number of hydrogen-bond donors (Lipinski definition) is 0. The Labute approximate surface area is 239 Å². The fraction of sp³-hybridized carbons (Fsp3) is 0.229. The molecule has 0 N–H and O–H groups in total. The van der Waals surface area contributed by atoms with E-state index < -0.39 is 16.0 Å². The number of rotatable bonds is 4. The van der Waals surface area contributed by atoms with Crippen molar-refractivity contribution in [2.75, 3.05) is 0 Å². The van der Waals surface area contributed by atoms with Crippen molar-refractivity contribution < 1.29 is 22.5 Å². The van der Waals surface area contributed by atoms with Gasteiger partial charge in [0.25, 0.3) is 0 Å². The second-order valence-corrected chi connectivity index (χ2v) is 13.1. The molecule has 0 radical (unpaired) electrons. The summed E-state index contributed by atoms with van der Waals surface area (Å²) in [6, 6.07) is 28.5. The molecular formula is C35H29O5S-. The smallest absolute Gasteiger partial charge is 0.315 e. The summed E-state index contributed by atoms with van der Waals surface area (Å²) in [7, 11) is -4.67. The fourth-order valence-electron chi connectivity index (χ4n) is 6.98. The number of carbonyl (C=O) groups excluding carboxylic acids is 1. The molecule has 0 fully saturated rings. The van der Waals surface area contributed by atoms with Gasteiger partial charge in [0.1, 0.15) is 15.9 Å². The molecule has 5 nitrogen and oxygen atoms in total. The van der Waals surface area contributed by atoms with Gasteiger partial charge >= 0.3 is 5.97 Å². The Balaban J connectivity index is 1.35. The summed E-state index contributed by atoms with van der Waals surface area (Å²) < 4.78 is 41.9. The molecule has 41 heavy (non-hydrogen) atoms. The number of aryl methyl sites for hydroxylation is 1. The van der Waals surface area contributed by atoms with Crippen LogP contribution in [0.5, 0.6) is 5.75 Å². The van der Waals surface area contributed by atoms with Crippen LogP contribution in [0.2, 0.25) is 0 Å². The lowest BCUT2D eigenvalue weighted by Gasteiger charge is -2.44. The Morgan fingerprint density at radius 3 is 1.76 bits per heavy atom. The summed E-state index contributed by atoms with van der Waals surface area (Å²) in [6.07, 6.45) is 0.628. The molecule has 206 valence electrons. The van der Waals surface area contributed by atoms with Crippen LogP contribution in [0.15, 0.2) is 89.8 Å². The average molecular weight is 562 g/mol. The Bertz CT molecular complexity index is 1920. The van der Waals surface area contributed by atoms with Crippen LogP contribution in [0.4, 0.5) is 0 Å². The third-order valence-electron chi connectivity index (χ3n) is 8.93. The highest BCUT2D eigenvalue weighted by Crippen LogP contribution is 2.57. The van der Waals surface area contributed by atoms with Gasteiger partial charge in [-0.15, -0.1) is 0 Å². The first kappa shape index (κ1) is 25.9. The molecule has 3 aliphatic carbocycles. The van der Waals surface area contributed by atoms with E-state index in [1.807, 2.05) is 26.0 Å². The third-order valence-corrected chi connectivity index (χ3v) is 9.82. The maximum absolute atomic E-state index is 14.0. The van der Waals surface area contributed by atoms with E-state index in [1.165, 1.54) is 28.0 Å². The van der Waals surface area contributed by atoms with Crippen LogP contribution in [0.25, 0.3) is 21.5 Å². The van der Waals surface area contributed by atoms with Gasteiger partial charge in [-0.2, -0.15) is 0 Å². The molecule has 1 atom stereocenters. The van der Waals surface area contributed by atoms with Gasteiger partial charge < -0.3 is 9.29 Å². The zero-order valence-electron chi connectivity index (χ0n) is 23.0. The van der Waals surface area contributed by atoms with Crippen LogP contribution in [-0.2, 0) is 14.9 Å². The van der Waals surface area contributed by atoms with E-state index in [1.54, 1.807) is 13.0 Å². The van der Waals surface area contributed by atoms with E-state index in [4.69, 9.17) is 4.74 Å². The highest BCUT2D eigenvalue weighted by Gasteiger charge is 2.47. The first-order valence-corrected chi connectivity index (χ1v) is 15.4. The Hall–Kier alpha value is -4.00. The Morgan fingerprint density at radius 2 is 1.29 bits per heavy atom. The third kappa shape index (κ3) is 4.16. The van der Waals surface area contributed by atoms with Crippen LogP contribution in [0.3, 0.4) is 0 Å². The van der Waals surface area contributed by atoms with Crippen molar-refractivity contribution in [3.8, 4) is 5.75 Å². The predicted molar refractivity (Wildman–Crippen MR) is 159 cm³/mol. The van der Waals surface area contributed by atoms with Crippen LogP contribution in [0, 0.1) is 12.8 Å². The van der Waals surface area contributed by atoms with E-state index in [2.05, 4.69) is 60.7 Å². The molecule has 0 heterocycles. The summed E-state index contributed by atoms with van der Waals surface area (Å²) in [5.74, 6) is -0.807. The van der Waals surface area contributed by atoms with Gasteiger partial charge in [0.2, 0.25) is 0 Å². The largest absolute Gasteiger partial charge is 0.744 e. The van der Waals surface area contributed by atoms with E-state index in [9.17, 15) is 17.8 Å². The summed E-state index contributed by atoms with van der Waals surface area (Å²) in [5.41, 5.74) is 5.66. The van der Waals surface area contributed by atoms with Gasteiger partial charge in [-0.1, -0.05) is 86.6 Å². The number of esters is 1. The summed E-state index contributed by atoms with van der Waals surface area (Å²) in [6.45, 7) is 5.29. The molecule has 0 amide bonds. The van der Waals surface area contributed by atoms with Crippen LogP contribution in [-0.4, -0.2) is 18.9 Å². The molecule has 0 spiro atoms. The number of carbonyl (C=O) groups is 1. The minimum absolute atomic E-state index is 0.0528. The zero-order chi connectivity index (χ0) is 28.6. The molecule has 0 aromatic heterocycles. The van der Waals surface area contributed by atoms with E-state index in [-0.39, 0.29) is 28.6 Å². The molecule has 0 aliphatic heterocycles. The molecule has 2 bridgehead atoms. The molecule has 1 unspecified atom stereocenters. The van der Waals surface area contributed by atoms with E-state index in [0.717, 1.165) is 21.9 Å². The van der Waals surface area contributed by atoms with Crippen molar-refractivity contribution >= 4 is 37.6 Å². The normalized spacial score (nSPS) is 19.4. The lowest BCUT2D eigenvalue weighted by atomic mass is 9.58. The lowest BCUT2D eigenvalue weighted by molar-refractivity contribution is -0.140. The van der Waals surface area contributed by atoms with Crippen molar-refractivity contribution in [2.45, 2.75) is 49.8 Å². The monoisotopic (exact) mass is 561 g/mol. The zero-order valence-corrected chi connectivity index (χ0v) is 23.9. The minimum atomic E-state index is -4.67. The van der Waals surface area contributed by atoms with Crippen molar-refractivity contribution in [1.29, 1.82) is 0 Å². The topological polar surface area (TPSA) is 83.5 Å². The fourth-order valence-corrected chi connectivity index (χ4v) is 7.88. The van der Waals surface area contributed by atoms with Gasteiger partial charge in [-0.05, 0) is 86.3 Å². The Morgan fingerprint density at radius 1 is 0.805 bits per heavy atom. The first-order valence-electron chi connectivity index (χ1n) is 14.0. The molecule has 3 aliphatic rings. The maximum Gasteiger partial charge on any atom is 0.315 e. The summed E-state index contributed by atoms with van der Waals surface area (Å²) >= 11 is 0.